The molecule has 0 fully saturated rings. The number of rotatable bonds is 5. The van der Waals surface area contributed by atoms with Crippen LogP contribution in [0.25, 0.3) is 0 Å². The highest BCUT2D eigenvalue weighted by Gasteiger charge is 1.97. The molecule has 1 aromatic carbocycles. The standard InChI is InChI=1S/C11H11NO3/c12-7-9-1-3-10(4-2-9)8-15-6-5-11(13)14/h1-4H,5-6,8H2,(H,13,14). The summed E-state index contributed by atoms with van der Waals surface area (Å²) in [4.78, 5) is 10.2. The zero-order valence-corrected chi connectivity index (χ0v) is 8.14. The summed E-state index contributed by atoms with van der Waals surface area (Å²) >= 11 is 0. The average Bonchev–Trinajstić information content (AvgIpc) is 2.25. The van der Waals surface area contributed by atoms with Crippen molar-refractivity contribution in [1.29, 1.82) is 5.26 Å². The second-order valence-electron chi connectivity index (χ2n) is 3.01. The van der Waals surface area contributed by atoms with Gasteiger partial charge in [-0.25, -0.2) is 0 Å². The van der Waals surface area contributed by atoms with Crippen LogP contribution in [0.15, 0.2) is 24.3 Å². The highest BCUT2D eigenvalue weighted by Crippen LogP contribution is 2.04. The lowest BCUT2D eigenvalue weighted by Crippen LogP contribution is -2.02. The van der Waals surface area contributed by atoms with Gasteiger partial charge < -0.3 is 9.84 Å². The van der Waals surface area contributed by atoms with Crippen molar-refractivity contribution in [2.24, 2.45) is 0 Å². The van der Waals surface area contributed by atoms with Crippen molar-refractivity contribution in [2.45, 2.75) is 13.0 Å². The molecule has 0 atom stereocenters. The Labute approximate surface area is 87.7 Å². The summed E-state index contributed by atoms with van der Waals surface area (Å²) in [6, 6.07) is 9.01. The third kappa shape index (κ3) is 4.25. The predicted molar refractivity (Wildman–Crippen MR) is 53.1 cm³/mol. The van der Waals surface area contributed by atoms with Gasteiger partial charge in [-0.05, 0) is 17.7 Å². The molecule has 0 aliphatic rings. The van der Waals surface area contributed by atoms with Gasteiger partial charge >= 0.3 is 5.97 Å². The number of carboxylic acid groups (broad SMARTS) is 1. The van der Waals surface area contributed by atoms with Gasteiger partial charge in [0.05, 0.1) is 31.3 Å². The fraction of sp³-hybridized carbons (Fsp3) is 0.273. The monoisotopic (exact) mass is 205 g/mol. The molecular formula is C11H11NO3. The summed E-state index contributed by atoms with van der Waals surface area (Å²) < 4.78 is 5.14. The molecule has 0 aromatic heterocycles. The largest absolute Gasteiger partial charge is 0.481 e. The molecule has 78 valence electrons. The Morgan fingerprint density at radius 2 is 2.07 bits per heavy atom. The third-order valence-corrected chi connectivity index (χ3v) is 1.81. The van der Waals surface area contributed by atoms with Gasteiger partial charge in [0.15, 0.2) is 0 Å². The predicted octanol–water partition coefficient (Wildman–Crippen LogP) is 1.55. The van der Waals surface area contributed by atoms with Crippen molar-refractivity contribution >= 4 is 5.97 Å². The van der Waals surface area contributed by atoms with E-state index in [1.807, 2.05) is 6.07 Å². The summed E-state index contributed by atoms with van der Waals surface area (Å²) in [7, 11) is 0. The first-order valence-electron chi connectivity index (χ1n) is 4.51. The van der Waals surface area contributed by atoms with Gasteiger partial charge in [-0.2, -0.15) is 5.26 Å². The highest BCUT2D eigenvalue weighted by molar-refractivity contribution is 5.66. The zero-order valence-electron chi connectivity index (χ0n) is 8.14. The minimum absolute atomic E-state index is 0.0102. The molecule has 0 aliphatic carbocycles. The summed E-state index contributed by atoms with van der Waals surface area (Å²) in [6.45, 7) is 0.578. The Balaban J connectivity index is 2.32. The molecule has 0 spiro atoms. The second kappa shape index (κ2) is 5.78. The Morgan fingerprint density at radius 1 is 1.40 bits per heavy atom. The van der Waals surface area contributed by atoms with E-state index in [-0.39, 0.29) is 13.0 Å². The maximum Gasteiger partial charge on any atom is 0.305 e. The molecule has 15 heavy (non-hydrogen) atoms. The first-order chi connectivity index (χ1) is 7.22. The molecule has 0 unspecified atom stereocenters. The number of benzene rings is 1. The SMILES string of the molecule is N#Cc1ccc(COCCC(=O)O)cc1. The Kier molecular flexibility index (Phi) is 4.32. The zero-order chi connectivity index (χ0) is 11.1. The molecule has 0 aliphatic heterocycles. The number of nitrogens with zero attached hydrogens (tertiary/aromatic N) is 1. The Hall–Kier alpha value is -1.86. The number of hydrogen-bond donors (Lipinski definition) is 1. The molecule has 4 nitrogen and oxygen atoms in total. The summed E-state index contributed by atoms with van der Waals surface area (Å²) in [6.07, 6.45) is 0.0102. The van der Waals surface area contributed by atoms with Crippen molar-refractivity contribution in [3.63, 3.8) is 0 Å². The van der Waals surface area contributed by atoms with Crippen molar-refractivity contribution in [3.05, 3.63) is 35.4 Å². The van der Waals surface area contributed by atoms with Gasteiger partial charge in [0.1, 0.15) is 0 Å². The highest BCUT2D eigenvalue weighted by atomic mass is 16.5. The quantitative estimate of drug-likeness (QED) is 0.740. The van der Waals surface area contributed by atoms with E-state index >= 15 is 0 Å². The summed E-state index contributed by atoms with van der Waals surface area (Å²) in [5.74, 6) is -0.866. The van der Waals surface area contributed by atoms with Gasteiger partial charge in [0.2, 0.25) is 0 Å². The van der Waals surface area contributed by atoms with E-state index in [0.717, 1.165) is 5.56 Å². The van der Waals surface area contributed by atoms with Crippen LogP contribution in [0, 0.1) is 11.3 Å². The van der Waals surface area contributed by atoms with Gasteiger partial charge in [0.25, 0.3) is 0 Å². The minimum atomic E-state index is -0.866. The fourth-order valence-corrected chi connectivity index (χ4v) is 1.03. The Bertz CT molecular complexity index is 364. The van der Waals surface area contributed by atoms with Crippen molar-refractivity contribution < 1.29 is 14.6 Å². The fourth-order valence-electron chi connectivity index (χ4n) is 1.03. The molecule has 1 N–H and O–H groups in total. The van der Waals surface area contributed by atoms with E-state index in [4.69, 9.17) is 15.1 Å². The Morgan fingerprint density at radius 3 is 2.60 bits per heavy atom. The third-order valence-electron chi connectivity index (χ3n) is 1.81. The van der Waals surface area contributed by atoms with E-state index in [9.17, 15) is 4.79 Å². The van der Waals surface area contributed by atoms with Crippen LogP contribution in [0.4, 0.5) is 0 Å². The maximum absolute atomic E-state index is 10.2. The van der Waals surface area contributed by atoms with E-state index in [0.29, 0.717) is 12.2 Å². The lowest BCUT2D eigenvalue weighted by molar-refractivity contribution is -0.138. The molecule has 0 radical (unpaired) electrons. The van der Waals surface area contributed by atoms with Gasteiger partial charge in [-0.15, -0.1) is 0 Å². The van der Waals surface area contributed by atoms with E-state index in [2.05, 4.69) is 0 Å². The van der Waals surface area contributed by atoms with Crippen LogP contribution >= 0.6 is 0 Å². The first kappa shape index (κ1) is 11.2. The van der Waals surface area contributed by atoms with Gasteiger partial charge in [-0.3, -0.25) is 4.79 Å². The van der Waals surface area contributed by atoms with E-state index < -0.39 is 5.97 Å². The molecular weight excluding hydrogens is 194 g/mol. The van der Waals surface area contributed by atoms with Crippen LogP contribution in [0.1, 0.15) is 17.5 Å². The van der Waals surface area contributed by atoms with Crippen LogP contribution in [-0.2, 0) is 16.1 Å². The number of nitriles is 1. The smallest absolute Gasteiger partial charge is 0.305 e. The van der Waals surface area contributed by atoms with Crippen molar-refractivity contribution in [3.8, 4) is 6.07 Å². The number of carbonyl (C=O) groups is 1. The summed E-state index contributed by atoms with van der Waals surface area (Å²) in [5.41, 5.74) is 1.53. The lowest BCUT2D eigenvalue weighted by Gasteiger charge is -2.02. The maximum atomic E-state index is 10.2. The lowest BCUT2D eigenvalue weighted by atomic mass is 10.2. The van der Waals surface area contributed by atoms with E-state index in [1.54, 1.807) is 24.3 Å². The number of aliphatic carboxylic acids is 1. The van der Waals surface area contributed by atoms with Crippen molar-refractivity contribution in [2.75, 3.05) is 6.61 Å². The van der Waals surface area contributed by atoms with Crippen LogP contribution in [0.5, 0.6) is 0 Å². The molecule has 1 rings (SSSR count). The average molecular weight is 205 g/mol. The van der Waals surface area contributed by atoms with Crippen molar-refractivity contribution in [1.82, 2.24) is 0 Å². The van der Waals surface area contributed by atoms with Gasteiger partial charge in [0, 0.05) is 0 Å². The molecule has 0 heterocycles. The number of ether oxygens (including phenoxy) is 1. The topological polar surface area (TPSA) is 70.3 Å². The normalized spacial score (nSPS) is 9.53. The molecule has 0 amide bonds. The molecule has 1 aromatic rings. The van der Waals surface area contributed by atoms with Crippen LogP contribution in [0.2, 0.25) is 0 Å². The van der Waals surface area contributed by atoms with E-state index in [1.165, 1.54) is 0 Å². The summed E-state index contributed by atoms with van der Waals surface area (Å²) in [5, 5.41) is 16.9. The van der Waals surface area contributed by atoms with Crippen LogP contribution in [0.3, 0.4) is 0 Å². The van der Waals surface area contributed by atoms with Crippen LogP contribution < -0.4 is 0 Å². The molecule has 0 bridgehead atoms. The van der Waals surface area contributed by atoms with Crippen LogP contribution in [-0.4, -0.2) is 17.7 Å². The minimum Gasteiger partial charge on any atom is -0.481 e. The molecule has 0 saturated heterocycles. The molecule has 0 saturated carbocycles. The number of hydrogen-bond acceptors (Lipinski definition) is 3. The number of carboxylic acids is 1. The second-order valence-corrected chi connectivity index (χ2v) is 3.01. The first-order valence-corrected chi connectivity index (χ1v) is 4.51. The van der Waals surface area contributed by atoms with Gasteiger partial charge in [-0.1, -0.05) is 12.1 Å². The molecule has 4 heteroatoms.